The number of carboxylic acid groups (broad SMARTS) is 1. The zero-order valence-electron chi connectivity index (χ0n) is 13.1. The summed E-state index contributed by atoms with van der Waals surface area (Å²) in [6, 6.07) is 0. The monoisotopic (exact) mass is 308 g/mol. The molecule has 22 heavy (non-hydrogen) atoms. The zero-order chi connectivity index (χ0) is 16.3. The van der Waals surface area contributed by atoms with Gasteiger partial charge in [-0.3, -0.25) is 9.59 Å². The summed E-state index contributed by atoms with van der Waals surface area (Å²) in [5.41, 5.74) is -0.365. The molecule has 3 N–H and O–H groups in total. The predicted molar refractivity (Wildman–Crippen MR) is 79.1 cm³/mol. The van der Waals surface area contributed by atoms with Crippen molar-refractivity contribution in [3.63, 3.8) is 0 Å². The third-order valence-electron chi connectivity index (χ3n) is 6.58. The first-order valence-electron chi connectivity index (χ1n) is 8.09. The zero-order valence-corrected chi connectivity index (χ0v) is 13.1. The number of aliphatic hydroxyl groups is 2. The van der Waals surface area contributed by atoms with Gasteiger partial charge in [0.25, 0.3) is 0 Å². The molecule has 0 radical (unpaired) electrons. The number of aliphatic carboxylic acids is 1. The summed E-state index contributed by atoms with van der Waals surface area (Å²) in [5, 5.41) is 30.7. The number of Topliss-reactive ketones (excluding diaryl/α,β-unsaturated/α-hetero) is 1. The molecule has 5 heteroatoms. The quantitative estimate of drug-likeness (QED) is 0.685. The number of fused-ring (bicyclic) bond motifs is 2. The second-order valence-corrected chi connectivity index (χ2v) is 7.48. The molecule has 5 nitrogen and oxygen atoms in total. The lowest BCUT2D eigenvalue weighted by Gasteiger charge is -2.58. The Bertz CT molecular complexity index is 565. The first-order valence-corrected chi connectivity index (χ1v) is 8.09. The SMILES string of the molecule is C[C@]1(C(=O)O)[C@@H]2CC(=O)C3=C(CCCC3)[C@@]2(C)[C@H](O)C[C@@H]1O. The normalized spacial score (nSPS) is 45.3. The van der Waals surface area contributed by atoms with E-state index in [1.807, 2.05) is 6.92 Å². The molecule has 1 saturated carbocycles. The van der Waals surface area contributed by atoms with Crippen LogP contribution in [-0.2, 0) is 9.59 Å². The van der Waals surface area contributed by atoms with Crippen LogP contribution in [0.3, 0.4) is 0 Å². The molecular weight excluding hydrogens is 284 g/mol. The van der Waals surface area contributed by atoms with Crippen LogP contribution in [0.2, 0.25) is 0 Å². The average Bonchev–Trinajstić information content (AvgIpc) is 2.48. The van der Waals surface area contributed by atoms with Crippen molar-refractivity contribution in [2.75, 3.05) is 0 Å². The Morgan fingerprint density at radius 2 is 1.77 bits per heavy atom. The molecule has 3 rings (SSSR count). The highest BCUT2D eigenvalue weighted by molar-refractivity contribution is 5.98. The molecular formula is C17H24O5. The van der Waals surface area contributed by atoms with E-state index >= 15 is 0 Å². The fourth-order valence-corrected chi connectivity index (χ4v) is 5.03. The summed E-state index contributed by atoms with van der Waals surface area (Å²) in [5.74, 6) is -1.65. The highest BCUT2D eigenvalue weighted by Gasteiger charge is 2.64. The second-order valence-electron chi connectivity index (χ2n) is 7.48. The maximum atomic E-state index is 12.5. The lowest BCUT2D eigenvalue weighted by Crippen LogP contribution is -2.63. The summed E-state index contributed by atoms with van der Waals surface area (Å²) < 4.78 is 0. The molecule has 0 aliphatic heterocycles. The second kappa shape index (κ2) is 4.90. The van der Waals surface area contributed by atoms with Crippen molar-refractivity contribution in [3.05, 3.63) is 11.1 Å². The average molecular weight is 308 g/mol. The van der Waals surface area contributed by atoms with Crippen LogP contribution in [0.5, 0.6) is 0 Å². The summed E-state index contributed by atoms with van der Waals surface area (Å²) in [6.45, 7) is 3.42. The number of allylic oxidation sites excluding steroid dienone is 1. The molecule has 122 valence electrons. The van der Waals surface area contributed by atoms with E-state index in [0.29, 0.717) is 0 Å². The van der Waals surface area contributed by atoms with E-state index in [9.17, 15) is 24.9 Å². The summed E-state index contributed by atoms with van der Waals surface area (Å²) in [6.07, 6.45) is 1.61. The molecule has 0 aromatic heterocycles. The fourth-order valence-electron chi connectivity index (χ4n) is 5.03. The van der Waals surface area contributed by atoms with E-state index in [0.717, 1.165) is 36.8 Å². The number of hydrogen-bond donors (Lipinski definition) is 3. The van der Waals surface area contributed by atoms with Gasteiger partial charge in [0.2, 0.25) is 0 Å². The highest BCUT2D eigenvalue weighted by atomic mass is 16.4. The first kappa shape index (κ1) is 15.7. The van der Waals surface area contributed by atoms with Crippen molar-refractivity contribution in [3.8, 4) is 0 Å². The Hall–Kier alpha value is -1.20. The van der Waals surface area contributed by atoms with E-state index in [2.05, 4.69) is 0 Å². The standard InChI is InChI=1S/C17H24O5/c1-16-10-6-4-3-5-9(10)11(18)7-12(16)17(2,15(21)22)14(20)8-13(16)19/h12-14,19-20H,3-8H2,1-2H3,(H,21,22)/t12-,13-,14+,16-,17+/m1/s1. The van der Waals surface area contributed by atoms with Gasteiger partial charge in [0.05, 0.1) is 17.6 Å². The highest BCUT2D eigenvalue weighted by Crippen LogP contribution is 2.61. The first-order chi connectivity index (χ1) is 10.2. The predicted octanol–water partition coefficient (Wildman–Crippen LogP) is 1.67. The summed E-state index contributed by atoms with van der Waals surface area (Å²) >= 11 is 0. The fraction of sp³-hybridized carbons (Fsp3) is 0.765. The number of carbonyl (C=O) groups excluding carboxylic acids is 1. The van der Waals surface area contributed by atoms with Crippen molar-refractivity contribution in [1.82, 2.24) is 0 Å². The number of hydrogen-bond acceptors (Lipinski definition) is 4. The number of ketones is 1. The molecule has 0 heterocycles. The largest absolute Gasteiger partial charge is 0.481 e. The van der Waals surface area contributed by atoms with Gasteiger partial charge < -0.3 is 15.3 Å². The maximum absolute atomic E-state index is 12.5. The van der Waals surface area contributed by atoms with Crippen LogP contribution in [0.25, 0.3) is 0 Å². The van der Waals surface area contributed by atoms with E-state index in [-0.39, 0.29) is 18.6 Å². The third-order valence-corrected chi connectivity index (χ3v) is 6.58. The van der Waals surface area contributed by atoms with Gasteiger partial charge in [-0.2, -0.15) is 0 Å². The van der Waals surface area contributed by atoms with Gasteiger partial charge in [-0.1, -0.05) is 12.5 Å². The number of rotatable bonds is 1. The van der Waals surface area contributed by atoms with Crippen molar-refractivity contribution in [2.45, 2.75) is 64.6 Å². The number of carbonyl (C=O) groups is 2. The minimum Gasteiger partial charge on any atom is -0.481 e. The van der Waals surface area contributed by atoms with E-state index < -0.39 is 34.9 Å². The molecule has 3 aliphatic carbocycles. The van der Waals surface area contributed by atoms with Crippen molar-refractivity contribution < 1.29 is 24.9 Å². The minimum atomic E-state index is -1.40. The molecule has 0 unspecified atom stereocenters. The smallest absolute Gasteiger partial charge is 0.312 e. The Labute approximate surface area is 130 Å². The van der Waals surface area contributed by atoms with Gasteiger partial charge in [-0.05, 0) is 44.1 Å². The Kier molecular flexibility index (Phi) is 3.49. The molecule has 5 atom stereocenters. The van der Waals surface area contributed by atoms with Crippen molar-refractivity contribution >= 4 is 11.8 Å². The van der Waals surface area contributed by atoms with Gasteiger partial charge >= 0.3 is 5.97 Å². The Balaban J connectivity index is 2.19. The molecule has 0 aromatic carbocycles. The minimum absolute atomic E-state index is 0.00551. The van der Waals surface area contributed by atoms with Crippen LogP contribution >= 0.6 is 0 Å². The number of aliphatic hydroxyl groups excluding tert-OH is 2. The topological polar surface area (TPSA) is 94.8 Å². The van der Waals surface area contributed by atoms with E-state index in [1.165, 1.54) is 6.92 Å². The summed E-state index contributed by atoms with van der Waals surface area (Å²) in [4.78, 5) is 24.4. The lowest BCUT2D eigenvalue weighted by molar-refractivity contribution is -0.190. The van der Waals surface area contributed by atoms with Gasteiger partial charge in [-0.25, -0.2) is 0 Å². The van der Waals surface area contributed by atoms with Crippen LogP contribution in [0.1, 0.15) is 52.4 Å². The molecule has 1 fully saturated rings. The number of carboxylic acids is 1. The van der Waals surface area contributed by atoms with Gasteiger partial charge in [0, 0.05) is 18.3 Å². The maximum Gasteiger partial charge on any atom is 0.312 e. The van der Waals surface area contributed by atoms with Crippen LogP contribution in [0.4, 0.5) is 0 Å². The van der Waals surface area contributed by atoms with E-state index in [1.54, 1.807) is 0 Å². The van der Waals surface area contributed by atoms with Crippen LogP contribution < -0.4 is 0 Å². The van der Waals surface area contributed by atoms with E-state index in [4.69, 9.17) is 0 Å². The lowest BCUT2D eigenvalue weighted by atomic mass is 9.46. The molecule has 0 bridgehead atoms. The van der Waals surface area contributed by atoms with Crippen LogP contribution in [-0.4, -0.2) is 39.3 Å². The Morgan fingerprint density at radius 3 is 2.41 bits per heavy atom. The van der Waals surface area contributed by atoms with Crippen molar-refractivity contribution in [2.24, 2.45) is 16.7 Å². The van der Waals surface area contributed by atoms with Gasteiger partial charge in [0.1, 0.15) is 0 Å². The molecule has 0 saturated heterocycles. The molecule has 0 spiro atoms. The van der Waals surface area contributed by atoms with Gasteiger partial charge in [-0.15, -0.1) is 0 Å². The van der Waals surface area contributed by atoms with Crippen LogP contribution in [0.15, 0.2) is 11.1 Å². The molecule has 0 amide bonds. The Morgan fingerprint density at radius 1 is 1.14 bits per heavy atom. The van der Waals surface area contributed by atoms with Crippen LogP contribution in [0, 0.1) is 16.7 Å². The van der Waals surface area contributed by atoms with Gasteiger partial charge in [0.15, 0.2) is 5.78 Å². The van der Waals surface area contributed by atoms with Crippen molar-refractivity contribution in [1.29, 1.82) is 0 Å². The molecule has 3 aliphatic rings. The molecule has 0 aromatic rings. The third kappa shape index (κ3) is 1.78. The summed E-state index contributed by atoms with van der Waals surface area (Å²) in [7, 11) is 0.